The first-order valence-electron chi connectivity index (χ1n) is 10.1. The number of para-hydroxylation sites is 1. The molecule has 1 amide bonds. The van der Waals surface area contributed by atoms with E-state index in [-0.39, 0.29) is 26.1 Å². The zero-order chi connectivity index (χ0) is 22.6. The first kappa shape index (κ1) is 23.3. The van der Waals surface area contributed by atoms with Crippen molar-refractivity contribution in [1.29, 1.82) is 0 Å². The van der Waals surface area contributed by atoms with Gasteiger partial charge in [0.1, 0.15) is 11.5 Å². The summed E-state index contributed by atoms with van der Waals surface area (Å²) in [5.74, 6) is 0.499. The molecule has 168 valence electrons. The topological polar surface area (TPSA) is 75.3 Å². The van der Waals surface area contributed by atoms with Crippen molar-refractivity contribution in [1.82, 2.24) is 0 Å². The Morgan fingerprint density at radius 3 is 2.16 bits per heavy atom. The largest absolute Gasteiger partial charge is 0.467 e. The van der Waals surface area contributed by atoms with E-state index in [1.807, 2.05) is 60.7 Å². The number of methoxy groups -OCH3 is 2. The normalized spacial score (nSPS) is 10.6. The number of hydrogen-bond acceptors (Lipinski definition) is 6. The minimum atomic E-state index is -0.320. The molecular weight excluding hydrogens is 410 g/mol. The van der Waals surface area contributed by atoms with Gasteiger partial charge in [-0.1, -0.05) is 48.5 Å². The van der Waals surface area contributed by atoms with Gasteiger partial charge in [0.25, 0.3) is 5.91 Å². The third-order valence-corrected chi connectivity index (χ3v) is 4.46. The van der Waals surface area contributed by atoms with Crippen LogP contribution in [-0.2, 0) is 27.4 Å². The molecule has 0 aliphatic rings. The van der Waals surface area contributed by atoms with E-state index < -0.39 is 0 Å². The Bertz CT molecular complexity index is 978. The molecule has 0 saturated carbocycles. The van der Waals surface area contributed by atoms with Crippen LogP contribution in [0.3, 0.4) is 0 Å². The number of nitrogens with one attached hydrogen (secondary N) is 1. The molecule has 0 aliphatic carbocycles. The molecule has 3 rings (SSSR count). The standard InChI is InChI=1S/C25H27NO6/c1-28-17-31-22-13-20(16-30-15-19-9-5-3-6-10-19)24(23(14-22)32-18-29-2)25(27)26-21-11-7-4-8-12-21/h3-14H,15-18H2,1-2H3,(H,26,27). The van der Waals surface area contributed by atoms with Gasteiger partial charge in [-0.25, -0.2) is 0 Å². The van der Waals surface area contributed by atoms with Gasteiger partial charge in [-0.2, -0.15) is 0 Å². The molecule has 0 heterocycles. The van der Waals surface area contributed by atoms with Gasteiger partial charge >= 0.3 is 0 Å². The Morgan fingerprint density at radius 1 is 0.812 bits per heavy atom. The van der Waals surface area contributed by atoms with Gasteiger partial charge in [0, 0.05) is 26.0 Å². The molecule has 0 aliphatic heterocycles. The predicted molar refractivity (Wildman–Crippen MR) is 121 cm³/mol. The summed E-state index contributed by atoms with van der Waals surface area (Å²) < 4.78 is 27.3. The van der Waals surface area contributed by atoms with Crippen molar-refractivity contribution in [3.8, 4) is 11.5 Å². The number of benzene rings is 3. The van der Waals surface area contributed by atoms with E-state index in [2.05, 4.69) is 5.32 Å². The number of hydrogen-bond donors (Lipinski definition) is 1. The maximum Gasteiger partial charge on any atom is 0.259 e. The van der Waals surface area contributed by atoms with Gasteiger partial charge in [-0.05, 0) is 29.3 Å². The molecule has 0 saturated heterocycles. The third-order valence-electron chi connectivity index (χ3n) is 4.46. The zero-order valence-electron chi connectivity index (χ0n) is 18.2. The van der Waals surface area contributed by atoms with Crippen LogP contribution >= 0.6 is 0 Å². The lowest BCUT2D eigenvalue weighted by molar-refractivity contribution is 0.0448. The molecule has 0 bridgehead atoms. The molecule has 32 heavy (non-hydrogen) atoms. The SMILES string of the molecule is COCOc1cc(COCc2ccccc2)c(C(=O)Nc2ccccc2)c(OCOC)c1. The van der Waals surface area contributed by atoms with Crippen molar-refractivity contribution in [2.24, 2.45) is 0 Å². The Hall–Kier alpha value is -3.39. The van der Waals surface area contributed by atoms with E-state index in [1.54, 1.807) is 12.1 Å². The van der Waals surface area contributed by atoms with E-state index in [1.165, 1.54) is 14.2 Å². The Kier molecular flexibility index (Phi) is 9.06. The summed E-state index contributed by atoms with van der Waals surface area (Å²) in [5, 5.41) is 2.91. The van der Waals surface area contributed by atoms with Crippen molar-refractivity contribution >= 4 is 11.6 Å². The Balaban J connectivity index is 1.90. The van der Waals surface area contributed by atoms with E-state index in [0.29, 0.717) is 34.9 Å². The fraction of sp³-hybridized carbons (Fsp3) is 0.240. The van der Waals surface area contributed by atoms with Gasteiger partial charge in [0.2, 0.25) is 0 Å². The summed E-state index contributed by atoms with van der Waals surface area (Å²) in [6, 6.07) is 22.4. The second kappa shape index (κ2) is 12.5. The molecule has 3 aromatic rings. The van der Waals surface area contributed by atoms with Crippen molar-refractivity contribution in [3.63, 3.8) is 0 Å². The van der Waals surface area contributed by atoms with Gasteiger partial charge in [0.05, 0.1) is 18.8 Å². The van der Waals surface area contributed by atoms with E-state index >= 15 is 0 Å². The average Bonchev–Trinajstić information content (AvgIpc) is 2.82. The fourth-order valence-electron chi connectivity index (χ4n) is 3.03. The number of rotatable bonds is 12. The molecule has 0 radical (unpaired) electrons. The lowest BCUT2D eigenvalue weighted by atomic mass is 10.0. The van der Waals surface area contributed by atoms with Crippen LogP contribution in [0.1, 0.15) is 21.5 Å². The minimum Gasteiger partial charge on any atom is -0.467 e. The van der Waals surface area contributed by atoms with Crippen LogP contribution in [0.2, 0.25) is 0 Å². The number of ether oxygens (including phenoxy) is 5. The van der Waals surface area contributed by atoms with Crippen LogP contribution in [0.5, 0.6) is 11.5 Å². The Morgan fingerprint density at radius 2 is 1.47 bits per heavy atom. The van der Waals surface area contributed by atoms with Crippen LogP contribution in [-0.4, -0.2) is 33.7 Å². The molecule has 0 unspecified atom stereocenters. The fourth-order valence-corrected chi connectivity index (χ4v) is 3.03. The highest BCUT2D eigenvalue weighted by Gasteiger charge is 2.21. The van der Waals surface area contributed by atoms with Gasteiger partial charge in [0.15, 0.2) is 13.6 Å². The number of carbonyl (C=O) groups is 1. The summed E-state index contributed by atoms with van der Waals surface area (Å²) >= 11 is 0. The summed E-state index contributed by atoms with van der Waals surface area (Å²) in [6.45, 7) is 0.616. The number of anilines is 1. The van der Waals surface area contributed by atoms with Gasteiger partial charge in [-0.15, -0.1) is 0 Å². The van der Waals surface area contributed by atoms with E-state index in [4.69, 9.17) is 23.7 Å². The molecule has 0 aromatic heterocycles. The first-order valence-corrected chi connectivity index (χ1v) is 10.1. The van der Waals surface area contributed by atoms with Gasteiger partial charge < -0.3 is 29.0 Å². The van der Waals surface area contributed by atoms with Crippen LogP contribution in [0.4, 0.5) is 5.69 Å². The third kappa shape index (κ3) is 6.81. The molecule has 1 N–H and O–H groups in total. The summed E-state index contributed by atoms with van der Waals surface area (Å²) in [7, 11) is 3.05. The Labute approximate surface area is 187 Å². The van der Waals surface area contributed by atoms with Gasteiger partial charge in [-0.3, -0.25) is 4.79 Å². The minimum absolute atomic E-state index is 0.0241. The van der Waals surface area contributed by atoms with E-state index in [0.717, 1.165) is 5.56 Å². The zero-order valence-corrected chi connectivity index (χ0v) is 18.2. The van der Waals surface area contributed by atoms with Crippen molar-refractivity contribution in [2.45, 2.75) is 13.2 Å². The van der Waals surface area contributed by atoms with Crippen LogP contribution in [0.25, 0.3) is 0 Å². The molecule has 7 heteroatoms. The molecule has 3 aromatic carbocycles. The average molecular weight is 437 g/mol. The number of amides is 1. The molecule has 0 spiro atoms. The quantitative estimate of drug-likeness (QED) is 0.417. The van der Waals surface area contributed by atoms with Crippen LogP contribution < -0.4 is 14.8 Å². The number of carbonyl (C=O) groups excluding carboxylic acids is 1. The maximum absolute atomic E-state index is 13.2. The van der Waals surface area contributed by atoms with Crippen molar-refractivity contribution in [2.75, 3.05) is 33.1 Å². The molecule has 0 fully saturated rings. The highest BCUT2D eigenvalue weighted by Crippen LogP contribution is 2.31. The molecule has 7 nitrogen and oxygen atoms in total. The monoisotopic (exact) mass is 437 g/mol. The van der Waals surface area contributed by atoms with Crippen LogP contribution in [0, 0.1) is 0 Å². The second-order valence-electron chi connectivity index (χ2n) is 6.86. The first-order chi connectivity index (χ1) is 15.7. The van der Waals surface area contributed by atoms with E-state index in [9.17, 15) is 4.79 Å². The lowest BCUT2D eigenvalue weighted by Crippen LogP contribution is -2.17. The molecular formula is C25H27NO6. The summed E-state index contributed by atoms with van der Waals surface area (Å²) in [4.78, 5) is 13.2. The van der Waals surface area contributed by atoms with Crippen molar-refractivity contribution < 1.29 is 28.5 Å². The smallest absolute Gasteiger partial charge is 0.259 e. The lowest BCUT2D eigenvalue weighted by Gasteiger charge is -2.18. The summed E-state index contributed by atoms with van der Waals surface area (Å²) in [6.07, 6.45) is 0. The van der Waals surface area contributed by atoms with Crippen LogP contribution in [0.15, 0.2) is 72.8 Å². The molecule has 0 atom stereocenters. The maximum atomic E-state index is 13.2. The highest BCUT2D eigenvalue weighted by molar-refractivity contribution is 6.07. The summed E-state index contributed by atoms with van der Waals surface area (Å²) in [5.41, 5.74) is 2.68. The second-order valence-corrected chi connectivity index (χ2v) is 6.86. The highest BCUT2D eigenvalue weighted by atomic mass is 16.7. The predicted octanol–water partition coefficient (Wildman–Crippen LogP) is 4.62. The van der Waals surface area contributed by atoms with Crippen molar-refractivity contribution in [3.05, 3.63) is 89.5 Å².